The molecule has 1 aromatic carbocycles. The lowest BCUT2D eigenvalue weighted by molar-refractivity contribution is 0.436. The molecule has 2 heterocycles. The van der Waals surface area contributed by atoms with Crippen LogP contribution in [0.5, 0.6) is 0 Å². The van der Waals surface area contributed by atoms with Crippen LogP contribution in [0.25, 0.3) is 22.5 Å². The molecule has 0 aliphatic heterocycles. The number of rotatable bonds is 3. The molecular formula is C16H15N3O. The van der Waals surface area contributed by atoms with Gasteiger partial charge in [-0.3, -0.25) is 4.98 Å². The van der Waals surface area contributed by atoms with Crippen LogP contribution in [0.1, 0.15) is 12.5 Å². The number of nitrogens with zero attached hydrogens (tertiary/aromatic N) is 2. The Hall–Kier alpha value is -2.62. The molecule has 0 fully saturated rings. The van der Waals surface area contributed by atoms with Gasteiger partial charge in [-0.05, 0) is 18.1 Å². The summed E-state index contributed by atoms with van der Waals surface area (Å²) >= 11 is 0. The minimum Gasteiger partial charge on any atom is -0.380 e. The summed E-state index contributed by atoms with van der Waals surface area (Å²) in [6, 6.07) is 12.0. The zero-order chi connectivity index (χ0) is 13.9. The number of nitrogen functional groups attached to an aromatic ring is 1. The van der Waals surface area contributed by atoms with E-state index in [0.717, 1.165) is 23.1 Å². The van der Waals surface area contributed by atoms with Crippen LogP contribution in [0.2, 0.25) is 0 Å². The lowest BCUT2D eigenvalue weighted by Gasteiger charge is -2.03. The van der Waals surface area contributed by atoms with Gasteiger partial charge in [0.15, 0.2) is 11.6 Å². The van der Waals surface area contributed by atoms with Crippen molar-refractivity contribution in [3.63, 3.8) is 0 Å². The number of aromatic nitrogens is 2. The molecule has 3 aromatic rings. The quantitative estimate of drug-likeness (QED) is 0.786. The van der Waals surface area contributed by atoms with E-state index in [9.17, 15) is 0 Å². The number of benzene rings is 1. The van der Waals surface area contributed by atoms with Gasteiger partial charge in [-0.15, -0.1) is 0 Å². The van der Waals surface area contributed by atoms with Gasteiger partial charge in [0.05, 0.1) is 5.56 Å². The summed E-state index contributed by atoms with van der Waals surface area (Å²) in [6.07, 6.45) is 4.49. The van der Waals surface area contributed by atoms with Crippen LogP contribution in [0.4, 0.5) is 5.82 Å². The molecule has 3 rings (SSSR count). The third-order valence-corrected chi connectivity index (χ3v) is 3.29. The molecule has 0 spiro atoms. The Morgan fingerprint density at radius 1 is 1.10 bits per heavy atom. The fourth-order valence-electron chi connectivity index (χ4n) is 2.18. The molecule has 0 aliphatic rings. The Bertz CT molecular complexity index is 702. The molecular weight excluding hydrogens is 250 g/mol. The standard InChI is InChI=1S/C16H15N3O/c1-2-11-5-7-12(8-6-11)15-14(16(17)19-20-15)13-4-3-9-18-10-13/h3-10H,2H2,1H3,(H2,17,19). The van der Waals surface area contributed by atoms with E-state index in [4.69, 9.17) is 10.3 Å². The summed E-state index contributed by atoms with van der Waals surface area (Å²) in [5, 5.41) is 3.89. The second kappa shape index (κ2) is 5.17. The minimum absolute atomic E-state index is 0.382. The van der Waals surface area contributed by atoms with Crippen molar-refractivity contribution in [2.45, 2.75) is 13.3 Å². The molecule has 4 nitrogen and oxygen atoms in total. The first kappa shape index (κ1) is 12.4. The monoisotopic (exact) mass is 265 g/mol. The molecule has 100 valence electrons. The maximum absolute atomic E-state index is 5.93. The van der Waals surface area contributed by atoms with Crippen LogP contribution in [-0.4, -0.2) is 10.1 Å². The van der Waals surface area contributed by atoms with Gasteiger partial charge in [-0.2, -0.15) is 0 Å². The van der Waals surface area contributed by atoms with Crippen LogP contribution < -0.4 is 5.73 Å². The molecule has 0 unspecified atom stereocenters. The molecule has 2 N–H and O–H groups in total. The van der Waals surface area contributed by atoms with Crippen LogP contribution in [-0.2, 0) is 6.42 Å². The summed E-state index contributed by atoms with van der Waals surface area (Å²) in [4.78, 5) is 4.12. The van der Waals surface area contributed by atoms with Crippen LogP contribution in [0, 0.1) is 0 Å². The first-order valence-electron chi connectivity index (χ1n) is 6.54. The number of nitrogens with two attached hydrogens (primary N) is 1. The Morgan fingerprint density at radius 2 is 1.90 bits per heavy atom. The number of pyridine rings is 1. The normalized spacial score (nSPS) is 10.7. The van der Waals surface area contributed by atoms with E-state index in [1.807, 2.05) is 24.3 Å². The molecule has 0 atom stereocenters. The van der Waals surface area contributed by atoms with Crippen molar-refractivity contribution in [3.8, 4) is 22.5 Å². The van der Waals surface area contributed by atoms with Crippen LogP contribution >= 0.6 is 0 Å². The van der Waals surface area contributed by atoms with E-state index in [1.165, 1.54) is 5.56 Å². The van der Waals surface area contributed by atoms with Gasteiger partial charge in [0, 0.05) is 23.5 Å². The summed E-state index contributed by atoms with van der Waals surface area (Å²) in [7, 11) is 0. The lowest BCUT2D eigenvalue weighted by Crippen LogP contribution is -1.89. The largest absolute Gasteiger partial charge is 0.380 e. The first-order valence-corrected chi connectivity index (χ1v) is 6.54. The molecule has 4 heteroatoms. The average molecular weight is 265 g/mol. The third kappa shape index (κ3) is 2.16. The maximum atomic E-state index is 5.93. The molecule has 0 bridgehead atoms. The molecule has 0 saturated carbocycles. The topological polar surface area (TPSA) is 64.9 Å². The van der Waals surface area contributed by atoms with Gasteiger partial charge in [0.25, 0.3) is 0 Å². The summed E-state index contributed by atoms with van der Waals surface area (Å²) in [5.74, 6) is 1.06. The van der Waals surface area contributed by atoms with E-state index >= 15 is 0 Å². The van der Waals surface area contributed by atoms with Crippen molar-refractivity contribution in [1.29, 1.82) is 0 Å². The third-order valence-electron chi connectivity index (χ3n) is 3.29. The maximum Gasteiger partial charge on any atom is 0.176 e. The highest BCUT2D eigenvalue weighted by molar-refractivity contribution is 5.86. The molecule has 2 aromatic heterocycles. The molecule has 0 saturated heterocycles. The average Bonchev–Trinajstić information content (AvgIpc) is 2.90. The highest BCUT2D eigenvalue weighted by atomic mass is 16.5. The van der Waals surface area contributed by atoms with Crippen molar-refractivity contribution >= 4 is 5.82 Å². The predicted octanol–water partition coefficient (Wildman–Crippen LogP) is 3.55. The Balaban J connectivity index is 2.11. The van der Waals surface area contributed by atoms with E-state index < -0.39 is 0 Å². The number of aryl methyl sites for hydroxylation is 1. The van der Waals surface area contributed by atoms with Crippen molar-refractivity contribution in [2.24, 2.45) is 0 Å². The van der Waals surface area contributed by atoms with Gasteiger partial charge in [0.2, 0.25) is 0 Å². The minimum atomic E-state index is 0.382. The fourth-order valence-corrected chi connectivity index (χ4v) is 2.18. The highest BCUT2D eigenvalue weighted by Crippen LogP contribution is 2.36. The van der Waals surface area contributed by atoms with Gasteiger partial charge < -0.3 is 10.3 Å². The Labute approximate surface area is 117 Å². The smallest absolute Gasteiger partial charge is 0.176 e. The molecule has 0 amide bonds. The van der Waals surface area contributed by atoms with E-state index in [2.05, 4.69) is 29.2 Å². The van der Waals surface area contributed by atoms with E-state index in [0.29, 0.717) is 11.6 Å². The second-order valence-electron chi connectivity index (χ2n) is 4.56. The summed E-state index contributed by atoms with van der Waals surface area (Å²) in [6.45, 7) is 2.13. The zero-order valence-electron chi connectivity index (χ0n) is 11.2. The highest BCUT2D eigenvalue weighted by Gasteiger charge is 2.17. The van der Waals surface area contributed by atoms with E-state index in [1.54, 1.807) is 12.4 Å². The van der Waals surface area contributed by atoms with Crippen molar-refractivity contribution in [1.82, 2.24) is 10.1 Å². The predicted molar refractivity (Wildman–Crippen MR) is 79.0 cm³/mol. The van der Waals surface area contributed by atoms with Crippen molar-refractivity contribution in [3.05, 3.63) is 54.4 Å². The van der Waals surface area contributed by atoms with Crippen molar-refractivity contribution in [2.75, 3.05) is 5.73 Å². The Kier molecular flexibility index (Phi) is 3.21. The molecule has 0 radical (unpaired) electrons. The zero-order valence-corrected chi connectivity index (χ0v) is 11.2. The van der Waals surface area contributed by atoms with Gasteiger partial charge in [-0.25, -0.2) is 0 Å². The van der Waals surface area contributed by atoms with Gasteiger partial charge >= 0.3 is 0 Å². The van der Waals surface area contributed by atoms with Gasteiger partial charge in [-0.1, -0.05) is 42.4 Å². The summed E-state index contributed by atoms with van der Waals surface area (Å²) < 4.78 is 5.41. The first-order chi connectivity index (χ1) is 9.79. The summed E-state index contributed by atoms with van der Waals surface area (Å²) in [5.41, 5.74) is 9.88. The number of hydrogen-bond acceptors (Lipinski definition) is 4. The molecule has 20 heavy (non-hydrogen) atoms. The lowest BCUT2D eigenvalue weighted by atomic mass is 10.0. The molecule has 0 aliphatic carbocycles. The van der Waals surface area contributed by atoms with E-state index in [-0.39, 0.29) is 0 Å². The Morgan fingerprint density at radius 3 is 2.55 bits per heavy atom. The van der Waals surface area contributed by atoms with Crippen LogP contribution in [0.15, 0.2) is 53.3 Å². The second-order valence-corrected chi connectivity index (χ2v) is 4.56. The number of hydrogen-bond donors (Lipinski definition) is 1. The van der Waals surface area contributed by atoms with Crippen LogP contribution in [0.3, 0.4) is 0 Å². The number of anilines is 1. The van der Waals surface area contributed by atoms with Crippen molar-refractivity contribution < 1.29 is 4.52 Å². The fraction of sp³-hybridized carbons (Fsp3) is 0.125. The SMILES string of the molecule is CCc1ccc(-c2onc(N)c2-c2cccnc2)cc1. The van der Waals surface area contributed by atoms with Gasteiger partial charge in [0.1, 0.15) is 0 Å².